The minimum absolute atomic E-state index is 0.938. The molecular weight excluding hydrogens is 238 g/mol. The highest BCUT2D eigenvalue weighted by molar-refractivity contribution is 9.05. The molecule has 0 aliphatic rings. The molecule has 0 N–H and O–H groups in total. The van der Waals surface area contributed by atoms with E-state index in [0.29, 0.717) is 0 Å². The molecule has 2 rings (SSSR count). The first-order valence-corrected chi connectivity index (χ1v) is 7.86. The minimum Gasteiger partial charge on any atom is -0.240 e. The molecule has 1 aromatic carbocycles. The van der Waals surface area contributed by atoms with Gasteiger partial charge in [-0.05, 0) is 22.0 Å². The van der Waals surface area contributed by atoms with Crippen LogP contribution < -0.4 is 0 Å². The van der Waals surface area contributed by atoms with Crippen molar-refractivity contribution in [1.29, 1.82) is 0 Å². The molecule has 0 fully saturated rings. The first-order chi connectivity index (χ1) is 6.40. The number of aromatic nitrogens is 1. The van der Waals surface area contributed by atoms with Gasteiger partial charge in [0.1, 0.15) is 5.01 Å². The summed E-state index contributed by atoms with van der Waals surface area (Å²) in [6.07, 6.45) is 0. The van der Waals surface area contributed by atoms with Crippen molar-refractivity contribution in [2.75, 3.05) is 0 Å². The van der Waals surface area contributed by atoms with E-state index in [9.17, 15) is 0 Å². The average molecular weight is 245 g/mol. The van der Waals surface area contributed by atoms with Gasteiger partial charge in [0.2, 0.25) is 0 Å². The normalized spacial score (nSPS) is 10.8. The largest absolute Gasteiger partial charge is 0.240 e. The van der Waals surface area contributed by atoms with Gasteiger partial charge in [0.25, 0.3) is 0 Å². The molecule has 1 heterocycles. The summed E-state index contributed by atoms with van der Waals surface area (Å²) in [4.78, 5) is 4.50. The molecule has 1 nitrogen and oxygen atoms in total. The number of benzene rings is 1. The van der Waals surface area contributed by atoms with Gasteiger partial charge in [0, 0.05) is 0 Å². The highest BCUT2D eigenvalue weighted by Crippen LogP contribution is 2.31. The fraction of sp³-hybridized carbons (Fsp3) is 0.125. The van der Waals surface area contributed by atoms with Crippen molar-refractivity contribution < 1.29 is 0 Å². The maximum Gasteiger partial charge on any atom is 0.105 e. The highest BCUT2D eigenvalue weighted by atomic mass is 33.5. The fourth-order valence-electron chi connectivity index (χ4n) is 1.06. The van der Waals surface area contributed by atoms with Gasteiger partial charge in [-0.1, -0.05) is 34.6 Å². The first-order valence-electron chi connectivity index (χ1n) is 3.67. The summed E-state index contributed by atoms with van der Waals surface area (Å²) in [5.41, 5.74) is 1.10. The summed E-state index contributed by atoms with van der Waals surface area (Å²) in [5, 5.41) is 1.17. The van der Waals surface area contributed by atoms with Crippen LogP contribution in [0.2, 0.25) is 0 Å². The molecule has 2 aromatic rings. The monoisotopic (exact) mass is 245 g/mol. The molecule has 0 aliphatic heterocycles. The van der Waals surface area contributed by atoms with Crippen LogP contribution in [0.4, 0.5) is 0 Å². The van der Waals surface area contributed by atoms with Crippen LogP contribution in [0.25, 0.3) is 10.2 Å². The number of hydrogen-bond donors (Lipinski definition) is 1. The highest BCUT2D eigenvalue weighted by Gasteiger charge is 2.01. The van der Waals surface area contributed by atoms with Crippen molar-refractivity contribution in [2.24, 2.45) is 0 Å². The van der Waals surface area contributed by atoms with Crippen molar-refractivity contribution in [3.8, 4) is 0 Å². The maximum absolute atomic E-state index is 4.50. The van der Waals surface area contributed by atoms with Crippen molar-refractivity contribution in [2.45, 2.75) is 5.75 Å². The number of rotatable bonds is 3. The third kappa shape index (κ3) is 2.34. The lowest BCUT2D eigenvalue weighted by molar-refractivity contribution is 1.32. The molecule has 13 heavy (non-hydrogen) atoms. The Labute approximate surface area is 93.5 Å². The van der Waals surface area contributed by atoms with Crippen LogP contribution in [-0.4, -0.2) is 4.98 Å². The molecule has 5 heteroatoms. The van der Waals surface area contributed by atoms with Crippen LogP contribution in [0.5, 0.6) is 0 Å². The van der Waals surface area contributed by atoms with Gasteiger partial charge in [-0.3, -0.25) is 0 Å². The molecular formula is C8H7NS4. The topological polar surface area (TPSA) is 12.9 Å². The molecule has 0 saturated heterocycles. The quantitative estimate of drug-likeness (QED) is 0.648. The Morgan fingerprint density at radius 2 is 2.23 bits per heavy atom. The molecule has 0 radical (unpaired) electrons. The maximum atomic E-state index is 4.50. The summed E-state index contributed by atoms with van der Waals surface area (Å²) in [7, 11) is 3.19. The predicted octanol–water partition coefficient (Wildman–Crippen LogP) is 4.02. The Morgan fingerprint density at radius 1 is 1.38 bits per heavy atom. The summed E-state index contributed by atoms with van der Waals surface area (Å²) >= 11 is 5.83. The molecule has 0 aliphatic carbocycles. The Bertz CT molecular complexity index is 365. The second kappa shape index (κ2) is 4.59. The molecule has 0 amide bonds. The molecule has 68 valence electrons. The molecule has 0 bridgehead atoms. The molecule has 1 aromatic heterocycles. The first kappa shape index (κ1) is 9.71. The molecule has 0 atom stereocenters. The summed E-state index contributed by atoms with van der Waals surface area (Å²) < 4.78 is 1.27. The molecule has 0 saturated carbocycles. The summed E-state index contributed by atoms with van der Waals surface area (Å²) in [6, 6.07) is 8.22. The van der Waals surface area contributed by atoms with E-state index in [-0.39, 0.29) is 0 Å². The zero-order chi connectivity index (χ0) is 9.10. The Kier molecular flexibility index (Phi) is 3.43. The van der Waals surface area contributed by atoms with E-state index >= 15 is 0 Å². The van der Waals surface area contributed by atoms with Crippen LogP contribution in [0.15, 0.2) is 24.3 Å². The Morgan fingerprint density at radius 3 is 3.00 bits per heavy atom. The van der Waals surface area contributed by atoms with E-state index in [0.717, 1.165) is 11.3 Å². The second-order valence-electron chi connectivity index (χ2n) is 2.41. The number of fused-ring (bicyclic) bond motifs is 1. The summed E-state index contributed by atoms with van der Waals surface area (Å²) in [5.74, 6) is 0.938. The van der Waals surface area contributed by atoms with E-state index in [1.54, 1.807) is 22.1 Å². The average Bonchev–Trinajstić information content (AvgIpc) is 2.57. The lowest BCUT2D eigenvalue weighted by Crippen LogP contribution is -1.73. The van der Waals surface area contributed by atoms with Crippen molar-refractivity contribution >= 4 is 53.8 Å². The van der Waals surface area contributed by atoms with Gasteiger partial charge in [-0.2, -0.15) is 0 Å². The molecule has 0 unspecified atom stereocenters. The lowest BCUT2D eigenvalue weighted by atomic mass is 10.3. The van der Waals surface area contributed by atoms with Crippen LogP contribution in [0, 0.1) is 0 Å². The SMILES string of the molecule is SSSCc1nc2ccccc2s1. The lowest BCUT2D eigenvalue weighted by Gasteiger charge is -1.88. The fourth-order valence-corrected chi connectivity index (χ4v) is 3.64. The standard InChI is InChI=1S/C8H7NS4/c10-13-11-5-8-9-6-3-1-2-4-7(6)12-8/h1-4,10H,5H2. The minimum atomic E-state index is 0.938. The number of thiazole rings is 1. The number of nitrogens with zero attached hydrogens (tertiary/aromatic N) is 1. The Balaban J connectivity index is 2.28. The van der Waals surface area contributed by atoms with Crippen molar-refractivity contribution in [1.82, 2.24) is 4.98 Å². The van der Waals surface area contributed by atoms with E-state index in [1.807, 2.05) is 18.2 Å². The third-order valence-corrected chi connectivity index (χ3v) is 4.91. The predicted molar refractivity (Wildman–Crippen MR) is 67.5 cm³/mol. The number of hydrogen-bond acceptors (Lipinski definition) is 5. The Hall–Kier alpha value is 0.160. The number of para-hydroxylation sites is 1. The zero-order valence-corrected chi connectivity index (χ0v) is 9.98. The van der Waals surface area contributed by atoms with Crippen LogP contribution in [0.1, 0.15) is 5.01 Å². The molecule has 0 spiro atoms. The van der Waals surface area contributed by atoms with Crippen molar-refractivity contribution in [3.63, 3.8) is 0 Å². The van der Waals surface area contributed by atoms with Gasteiger partial charge in [0.05, 0.1) is 16.0 Å². The second-order valence-corrected chi connectivity index (χ2v) is 6.70. The van der Waals surface area contributed by atoms with Crippen LogP contribution >= 0.6 is 43.6 Å². The van der Waals surface area contributed by atoms with Crippen LogP contribution in [-0.2, 0) is 5.75 Å². The van der Waals surface area contributed by atoms with Crippen LogP contribution in [0.3, 0.4) is 0 Å². The third-order valence-electron chi connectivity index (χ3n) is 1.57. The van der Waals surface area contributed by atoms with Gasteiger partial charge in [-0.25, -0.2) is 4.98 Å². The van der Waals surface area contributed by atoms with Gasteiger partial charge in [-0.15, -0.1) is 11.3 Å². The van der Waals surface area contributed by atoms with E-state index in [4.69, 9.17) is 0 Å². The number of thiol groups is 1. The smallest absolute Gasteiger partial charge is 0.105 e. The van der Waals surface area contributed by atoms with E-state index in [2.05, 4.69) is 22.7 Å². The van der Waals surface area contributed by atoms with Gasteiger partial charge >= 0.3 is 0 Å². The van der Waals surface area contributed by atoms with E-state index < -0.39 is 0 Å². The van der Waals surface area contributed by atoms with E-state index in [1.165, 1.54) is 19.5 Å². The van der Waals surface area contributed by atoms with Crippen molar-refractivity contribution in [3.05, 3.63) is 29.3 Å². The zero-order valence-electron chi connectivity index (χ0n) is 6.64. The summed E-state index contributed by atoms with van der Waals surface area (Å²) in [6.45, 7) is 0. The van der Waals surface area contributed by atoms with Gasteiger partial charge < -0.3 is 0 Å². The van der Waals surface area contributed by atoms with Gasteiger partial charge in [0.15, 0.2) is 0 Å².